The molecule has 0 spiro atoms. The zero-order valence-electron chi connectivity index (χ0n) is 11.9. The SMILES string of the molecule is COc1cc(C2CCN(C)CC2)c(C)cc1NC=O. The number of carbonyl (C=O) groups is 1. The molecule has 0 unspecified atom stereocenters. The van der Waals surface area contributed by atoms with Crippen molar-refractivity contribution in [3.63, 3.8) is 0 Å². The number of piperidine rings is 1. The third kappa shape index (κ3) is 3.07. The van der Waals surface area contributed by atoms with Gasteiger partial charge in [-0.05, 0) is 69.1 Å². The van der Waals surface area contributed by atoms with E-state index in [1.165, 1.54) is 24.0 Å². The van der Waals surface area contributed by atoms with Crippen LogP contribution in [0.3, 0.4) is 0 Å². The predicted octanol–water partition coefficient (Wildman–Crippen LogP) is 2.38. The number of hydrogen-bond acceptors (Lipinski definition) is 3. The van der Waals surface area contributed by atoms with Crippen molar-refractivity contribution < 1.29 is 9.53 Å². The summed E-state index contributed by atoms with van der Waals surface area (Å²) in [4.78, 5) is 13.0. The van der Waals surface area contributed by atoms with E-state index >= 15 is 0 Å². The number of hydrogen-bond donors (Lipinski definition) is 1. The van der Waals surface area contributed by atoms with Crippen molar-refractivity contribution in [2.24, 2.45) is 0 Å². The van der Waals surface area contributed by atoms with Gasteiger partial charge in [-0.15, -0.1) is 0 Å². The molecular weight excluding hydrogens is 240 g/mol. The van der Waals surface area contributed by atoms with Crippen LogP contribution < -0.4 is 10.1 Å². The van der Waals surface area contributed by atoms with Crippen molar-refractivity contribution in [1.29, 1.82) is 0 Å². The van der Waals surface area contributed by atoms with Crippen LogP contribution in [0.25, 0.3) is 0 Å². The molecule has 1 aliphatic rings. The van der Waals surface area contributed by atoms with Gasteiger partial charge in [-0.3, -0.25) is 4.79 Å². The lowest BCUT2D eigenvalue weighted by Crippen LogP contribution is -2.29. The Kier molecular flexibility index (Phi) is 4.43. The van der Waals surface area contributed by atoms with E-state index in [1.807, 2.05) is 6.07 Å². The minimum Gasteiger partial charge on any atom is -0.495 e. The second-order valence-corrected chi connectivity index (χ2v) is 5.25. The topological polar surface area (TPSA) is 41.6 Å². The van der Waals surface area contributed by atoms with Crippen LogP contribution in [0.5, 0.6) is 5.75 Å². The highest BCUT2D eigenvalue weighted by Crippen LogP contribution is 2.35. The van der Waals surface area contributed by atoms with Crippen LogP contribution in [-0.2, 0) is 4.79 Å². The molecule has 19 heavy (non-hydrogen) atoms. The Hall–Kier alpha value is -1.55. The summed E-state index contributed by atoms with van der Waals surface area (Å²) in [6.45, 7) is 4.38. The summed E-state index contributed by atoms with van der Waals surface area (Å²) in [5.41, 5.74) is 3.31. The number of likely N-dealkylation sites (tertiary alicyclic amines) is 1. The molecule has 104 valence electrons. The highest BCUT2D eigenvalue weighted by molar-refractivity contribution is 5.76. The lowest BCUT2D eigenvalue weighted by molar-refractivity contribution is -0.105. The Morgan fingerprint density at radius 3 is 2.63 bits per heavy atom. The van der Waals surface area contributed by atoms with E-state index in [0.29, 0.717) is 12.3 Å². The number of aryl methyl sites for hydroxylation is 1. The molecule has 0 aromatic heterocycles. The van der Waals surface area contributed by atoms with Crippen molar-refractivity contribution in [3.8, 4) is 5.75 Å². The van der Waals surface area contributed by atoms with Crippen molar-refractivity contribution in [3.05, 3.63) is 23.3 Å². The number of methoxy groups -OCH3 is 1. The van der Waals surface area contributed by atoms with Gasteiger partial charge in [0.15, 0.2) is 0 Å². The smallest absolute Gasteiger partial charge is 0.211 e. The summed E-state index contributed by atoms with van der Waals surface area (Å²) in [7, 11) is 3.81. The number of nitrogens with one attached hydrogen (secondary N) is 1. The van der Waals surface area contributed by atoms with Gasteiger partial charge in [-0.2, -0.15) is 0 Å². The number of rotatable bonds is 4. The Bertz CT molecular complexity index is 452. The quantitative estimate of drug-likeness (QED) is 0.847. The van der Waals surface area contributed by atoms with Crippen LogP contribution in [0.2, 0.25) is 0 Å². The molecule has 1 aromatic carbocycles. The number of ether oxygens (including phenoxy) is 1. The first-order valence-electron chi connectivity index (χ1n) is 6.73. The first-order chi connectivity index (χ1) is 9.15. The summed E-state index contributed by atoms with van der Waals surface area (Å²) in [6, 6.07) is 4.08. The maximum absolute atomic E-state index is 10.6. The third-order valence-electron chi connectivity index (χ3n) is 3.96. The summed E-state index contributed by atoms with van der Waals surface area (Å²) >= 11 is 0. The molecule has 1 fully saturated rings. The standard InChI is InChI=1S/C15H22N2O2/c1-11-8-14(16-10-18)15(19-3)9-13(11)12-4-6-17(2)7-5-12/h8-10,12H,4-7H2,1-3H3,(H,16,18). The van der Waals surface area contributed by atoms with Gasteiger partial charge in [-0.1, -0.05) is 0 Å². The van der Waals surface area contributed by atoms with E-state index in [0.717, 1.165) is 24.5 Å². The Balaban J connectivity index is 2.27. The second kappa shape index (κ2) is 6.06. The van der Waals surface area contributed by atoms with E-state index in [9.17, 15) is 4.79 Å². The largest absolute Gasteiger partial charge is 0.495 e. The number of benzene rings is 1. The summed E-state index contributed by atoms with van der Waals surface area (Å²) in [5.74, 6) is 1.34. The fourth-order valence-corrected chi connectivity index (χ4v) is 2.81. The van der Waals surface area contributed by atoms with Gasteiger partial charge in [0.1, 0.15) is 5.75 Å². The number of anilines is 1. The molecule has 0 atom stereocenters. The molecule has 4 heteroatoms. The fourth-order valence-electron chi connectivity index (χ4n) is 2.81. The van der Waals surface area contributed by atoms with E-state index in [1.54, 1.807) is 7.11 Å². The van der Waals surface area contributed by atoms with E-state index < -0.39 is 0 Å². The zero-order chi connectivity index (χ0) is 13.8. The number of carbonyl (C=O) groups excluding carboxylic acids is 1. The molecule has 0 radical (unpaired) electrons. The minimum atomic E-state index is 0.593. The Morgan fingerprint density at radius 2 is 2.05 bits per heavy atom. The Morgan fingerprint density at radius 1 is 1.37 bits per heavy atom. The summed E-state index contributed by atoms with van der Waals surface area (Å²) in [5, 5.41) is 2.69. The molecule has 1 aromatic rings. The van der Waals surface area contributed by atoms with Crippen LogP contribution >= 0.6 is 0 Å². The van der Waals surface area contributed by atoms with Gasteiger partial charge in [0, 0.05) is 0 Å². The molecule has 4 nitrogen and oxygen atoms in total. The van der Waals surface area contributed by atoms with Crippen LogP contribution in [0.15, 0.2) is 12.1 Å². The van der Waals surface area contributed by atoms with Gasteiger partial charge in [0.25, 0.3) is 0 Å². The average molecular weight is 262 g/mol. The molecule has 1 aliphatic heterocycles. The van der Waals surface area contributed by atoms with Crippen LogP contribution in [0.1, 0.15) is 29.9 Å². The molecule has 1 saturated heterocycles. The number of amides is 1. The highest BCUT2D eigenvalue weighted by Gasteiger charge is 2.21. The summed E-state index contributed by atoms with van der Waals surface area (Å²) < 4.78 is 5.37. The molecule has 0 aliphatic carbocycles. The monoisotopic (exact) mass is 262 g/mol. The summed E-state index contributed by atoms with van der Waals surface area (Å²) in [6.07, 6.45) is 3.05. The van der Waals surface area contributed by atoms with Crippen molar-refractivity contribution >= 4 is 12.1 Å². The first kappa shape index (κ1) is 13.9. The first-order valence-corrected chi connectivity index (χ1v) is 6.73. The lowest BCUT2D eigenvalue weighted by atomic mass is 9.86. The van der Waals surface area contributed by atoms with Crippen molar-refractivity contribution in [2.45, 2.75) is 25.7 Å². The molecular formula is C15H22N2O2. The Labute approximate surface area is 114 Å². The van der Waals surface area contributed by atoms with Gasteiger partial charge in [-0.25, -0.2) is 0 Å². The minimum absolute atomic E-state index is 0.593. The van der Waals surface area contributed by atoms with Crippen molar-refractivity contribution in [1.82, 2.24) is 4.90 Å². The van der Waals surface area contributed by atoms with Gasteiger partial charge < -0.3 is 15.0 Å². The van der Waals surface area contributed by atoms with E-state index in [-0.39, 0.29) is 0 Å². The van der Waals surface area contributed by atoms with Gasteiger partial charge >= 0.3 is 0 Å². The van der Waals surface area contributed by atoms with Crippen LogP contribution in [0, 0.1) is 6.92 Å². The van der Waals surface area contributed by atoms with Crippen LogP contribution in [-0.4, -0.2) is 38.6 Å². The zero-order valence-corrected chi connectivity index (χ0v) is 11.9. The van der Waals surface area contributed by atoms with Gasteiger partial charge in [0.2, 0.25) is 6.41 Å². The van der Waals surface area contributed by atoms with Gasteiger partial charge in [0.05, 0.1) is 12.8 Å². The maximum atomic E-state index is 10.6. The molecule has 1 N–H and O–H groups in total. The van der Waals surface area contributed by atoms with Crippen molar-refractivity contribution in [2.75, 3.05) is 32.6 Å². The molecule has 0 saturated carbocycles. The lowest BCUT2D eigenvalue weighted by Gasteiger charge is -2.30. The maximum Gasteiger partial charge on any atom is 0.211 e. The molecule has 1 amide bonds. The second-order valence-electron chi connectivity index (χ2n) is 5.25. The van der Waals surface area contributed by atoms with E-state index in [2.05, 4.69) is 30.3 Å². The molecule has 1 heterocycles. The average Bonchev–Trinajstić information content (AvgIpc) is 2.41. The normalized spacial score (nSPS) is 17.2. The van der Waals surface area contributed by atoms with Crippen LogP contribution in [0.4, 0.5) is 5.69 Å². The highest BCUT2D eigenvalue weighted by atomic mass is 16.5. The molecule has 0 bridgehead atoms. The number of nitrogens with zero attached hydrogens (tertiary/aromatic N) is 1. The molecule has 2 rings (SSSR count). The predicted molar refractivity (Wildman–Crippen MR) is 76.9 cm³/mol. The fraction of sp³-hybridized carbons (Fsp3) is 0.533. The van der Waals surface area contributed by atoms with E-state index in [4.69, 9.17) is 4.74 Å². The third-order valence-corrected chi connectivity index (χ3v) is 3.96.